The van der Waals surface area contributed by atoms with E-state index in [0.29, 0.717) is 0 Å². The molecule has 0 atom stereocenters. The van der Waals surface area contributed by atoms with E-state index in [9.17, 15) is 0 Å². The molecule has 13 rings (SSSR count). The average Bonchev–Trinajstić information content (AvgIpc) is 3.92. The van der Waals surface area contributed by atoms with Crippen LogP contribution >= 0.6 is 22.7 Å². The Morgan fingerprint density at radius 1 is 0.194 bits per heavy atom. The first-order valence-corrected chi connectivity index (χ1v) is 22.9. The predicted octanol–water partition coefficient (Wildman–Crippen LogP) is 18.2. The molecule has 0 unspecified atom stereocenters. The molecule has 0 aliphatic heterocycles. The summed E-state index contributed by atoms with van der Waals surface area (Å²) in [7, 11) is 0. The van der Waals surface area contributed by atoms with Crippen molar-refractivity contribution in [1.29, 1.82) is 0 Å². The molecule has 0 N–H and O–H groups in total. The van der Waals surface area contributed by atoms with Crippen LogP contribution < -0.4 is 0 Å². The summed E-state index contributed by atoms with van der Waals surface area (Å²) in [5.41, 5.74) is 12.6. The van der Waals surface area contributed by atoms with Crippen molar-refractivity contribution in [3.8, 4) is 55.6 Å². The Hall–Kier alpha value is -7.36. The van der Waals surface area contributed by atoms with E-state index < -0.39 is 0 Å². The maximum absolute atomic E-state index is 2.36. The second-order valence-corrected chi connectivity index (χ2v) is 18.4. The molecule has 288 valence electrons. The first-order chi connectivity index (χ1) is 30.8. The number of hydrogen-bond acceptors (Lipinski definition) is 2. The van der Waals surface area contributed by atoms with E-state index in [-0.39, 0.29) is 0 Å². The molecule has 0 nitrogen and oxygen atoms in total. The summed E-state index contributed by atoms with van der Waals surface area (Å²) < 4.78 is 5.36. The molecule has 11 aromatic carbocycles. The third-order valence-electron chi connectivity index (χ3n) is 12.9. The molecule has 0 saturated carbocycles. The largest absolute Gasteiger partial charge is 0.135 e. The molecular weight excluding hydrogens is 785 g/mol. The fourth-order valence-corrected chi connectivity index (χ4v) is 12.6. The van der Waals surface area contributed by atoms with Crippen molar-refractivity contribution in [2.75, 3.05) is 0 Å². The Labute approximate surface area is 367 Å². The molecular formula is C60H36S2. The van der Waals surface area contributed by atoms with Crippen LogP contribution in [0.25, 0.3) is 128 Å². The molecule has 0 bridgehead atoms. The van der Waals surface area contributed by atoms with Gasteiger partial charge in [0.05, 0.1) is 0 Å². The van der Waals surface area contributed by atoms with Crippen molar-refractivity contribution in [2.24, 2.45) is 0 Å². The lowest BCUT2D eigenvalue weighted by molar-refractivity contribution is 1.63. The van der Waals surface area contributed by atoms with Crippen LogP contribution in [0, 0.1) is 0 Å². The number of thiophene rings is 2. The van der Waals surface area contributed by atoms with E-state index >= 15 is 0 Å². The highest BCUT2D eigenvalue weighted by atomic mass is 32.1. The second-order valence-electron chi connectivity index (χ2n) is 16.3. The van der Waals surface area contributed by atoms with Crippen LogP contribution in [0.1, 0.15) is 0 Å². The lowest BCUT2D eigenvalue weighted by Crippen LogP contribution is -1.92. The Morgan fingerprint density at radius 3 is 1.02 bits per heavy atom. The summed E-state index contributed by atoms with van der Waals surface area (Å²) in [6.07, 6.45) is 0. The van der Waals surface area contributed by atoms with Gasteiger partial charge in [-0.3, -0.25) is 0 Å². The number of rotatable bonds is 5. The van der Waals surface area contributed by atoms with Gasteiger partial charge in [-0.05, 0) is 100 Å². The summed E-state index contributed by atoms with van der Waals surface area (Å²) in [6, 6.07) is 81.1. The fourth-order valence-electron chi connectivity index (χ4n) is 10.1. The third-order valence-corrected chi connectivity index (χ3v) is 15.4. The van der Waals surface area contributed by atoms with E-state index in [1.165, 1.54) is 128 Å². The van der Waals surface area contributed by atoms with Crippen LogP contribution in [-0.2, 0) is 0 Å². The summed E-state index contributed by atoms with van der Waals surface area (Å²) in [5, 5.41) is 12.9. The Balaban J connectivity index is 0.930. The minimum atomic E-state index is 1.22. The van der Waals surface area contributed by atoms with E-state index in [1.54, 1.807) is 0 Å². The first kappa shape index (κ1) is 35.4. The van der Waals surface area contributed by atoms with Crippen LogP contribution in [-0.4, -0.2) is 0 Å². The fraction of sp³-hybridized carbons (Fsp3) is 0. The van der Waals surface area contributed by atoms with Gasteiger partial charge in [-0.25, -0.2) is 0 Å². The highest BCUT2D eigenvalue weighted by molar-refractivity contribution is 7.26. The number of benzene rings is 11. The van der Waals surface area contributed by atoms with Gasteiger partial charge < -0.3 is 0 Å². The third kappa shape index (κ3) is 5.44. The van der Waals surface area contributed by atoms with Gasteiger partial charge >= 0.3 is 0 Å². The molecule has 2 heteroatoms. The lowest BCUT2D eigenvalue weighted by Gasteiger charge is -2.20. The first-order valence-electron chi connectivity index (χ1n) is 21.2. The highest BCUT2D eigenvalue weighted by Gasteiger charge is 2.20. The van der Waals surface area contributed by atoms with Crippen molar-refractivity contribution in [3.05, 3.63) is 218 Å². The average molecular weight is 821 g/mol. The zero-order chi connectivity index (χ0) is 40.7. The number of fused-ring (bicyclic) bond motifs is 9. The van der Waals surface area contributed by atoms with E-state index in [4.69, 9.17) is 0 Å². The molecule has 0 radical (unpaired) electrons. The van der Waals surface area contributed by atoms with Gasteiger partial charge in [-0.1, -0.05) is 206 Å². The molecule has 2 aromatic heterocycles. The van der Waals surface area contributed by atoms with Crippen molar-refractivity contribution in [2.45, 2.75) is 0 Å². The summed E-state index contributed by atoms with van der Waals surface area (Å²) in [5.74, 6) is 0. The molecule has 2 heterocycles. The van der Waals surface area contributed by atoms with E-state index in [1.807, 2.05) is 22.7 Å². The number of hydrogen-bond donors (Lipinski definition) is 0. The maximum Gasteiger partial charge on any atom is 0.0433 e. The summed E-state index contributed by atoms with van der Waals surface area (Å²) in [6.45, 7) is 0. The van der Waals surface area contributed by atoms with Gasteiger partial charge in [0.2, 0.25) is 0 Å². The van der Waals surface area contributed by atoms with Crippen LogP contribution in [0.4, 0.5) is 0 Å². The second kappa shape index (κ2) is 14.1. The van der Waals surface area contributed by atoms with Crippen LogP contribution in [0.3, 0.4) is 0 Å². The van der Waals surface area contributed by atoms with Crippen LogP contribution in [0.15, 0.2) is 218 Å². The van der Waals surface area contributed by atoms with Crippen molar-refractivity contribution in [1.82, 2.24) is 0 Å². The highest BCUT2D eigenvalue weighted by Crippen LogP contribution is 2.48. The minimum Gasteiger partial charge on any atom is -0.135 e. The SMILES string of the molecule is c1ccc2c(c1)sc1c(-c3ccc(-c4ccc(-c5c6ccccc6c(-c6ccc(-c7cccc8c7sc7ccccc78)cc6)c6ccccc56)c5ccccc45)cc3)cccc12. The quantitative estimate of drug-likeness (QED) is 0.152. The monoisotopic (exact) mass is 820 g/mol. The zero-order valence-electron chi connectivity index (χ0n) is 33.6. The Kier molecular flexibility index (Phi) is 8.06. The molecule has 0 amide bonds. The van der Waals surface area contributed by atoms with Gasteiger partial charge in [-0.15, -0.1) is 22.7 Å². The lowest BCUT2D eigenvalue weighted by atomic mass is 9.83. The van der Waals surface area contributed by atoms with Crippen molar-refractivity contribution >= 4 is 95.3 Å². The molecule has 13 aromatic rings. The zero-order valence-corrected chi connectivity index (χ0v) is 35.2. The molecule has 0 aliphatic carbocycles. The van der Waals surface area contributed by atoms with Gasteiger partial charge in [0.15, 0.2) is 0 Å². The standard InChI is InChI=1S/C60H36S2/c1-2-14-45-44(13-1)41(37-27-29-38(30-28-37)42-21-11-23-53-46-15-7-9-25-55(46)61-59(42)53)35-36-52(45)58-50-19-5-3-17-48(50)57(49-18-4-6-20-51(49)58)40-33-31-39(32-34-40)43-22-12-24-54-47-16-8-10-26-56(47)62-60(43)54/h1-36H. The van der Waals surface area contributed by atoms with Gasteiger partial charge in [0, 0.05) is 40.3 Å². The van der Waals surface area contributed by atoms with Crippen LogP contribution in [0.2, 0.25) is 0 Å². The maximum atomic E-state index is 2.36. The Bertz CT molecular complexity index is 3840. The smallest absolute Gasteiger partial charge is 0.0433 e. The minimum absolute atomic E-state index is 1.22. The summed E-state index contributed by atoms with van der Waals surface area (Å²) in [4.78, 5) is 0. The van der Waals surface area contributed by atoms with Gasteiger partial charge in [0.1, 0.15) is 0 Å². The van der Waals surface area contributed by atoms with Crippen molar-refractivity contribution in [3.63, 3.8) is 0 Å². The molecule has 0 spiro atoms. The summed E-state index contributed by atoms with van der Waals surface area (Å²) >= 11 is 3.77. The topological polar surface area (TPSA) is 0 Å². The molecule has 0 aliphatic rings. The van der Waals surface area contributed by atoms with Gasteiger partial charge in [0.25, 0.3) is 0 Å². The molecule has 0 saturated heterocycles. The van der Waals surface area contributed by atoms with Crippen molar-refractivity contribution < 1.29 is 0 Å². The normalized spacial score (nSPS) is 11.9. The van der Waals surface area contributed by atoms with E-state index in [2.05, 4.69) is 218 Å². The Morgan fingerprint density at radius 2 is 0.532 bits per heavy atom. The van der Waals surface area contributed by atoms with Crippen LogP contribution in [0.5, 0.6) is 0 Å². The van der Waals surface area contributed by atoms with E-state index in [0.717, 1.165) is 0 Å². The van der Waals surface area contributed by atoms with Gasteiger partial charge in [-0.2, -0.15) is 0 Å². The molecule has 62 heavy (non-hydrogen) atoms. The predicted molar refractivity (Wildman–Crippen MR) is 272 cm³/mol. The molecule has 0 fully saturated rings.